The Morgan fingerprint density at radius 1 is 1.37 bits per heavy atom. The molecule has 0 aliphatic rings. The zero-order valence-corrected chi connectivity index (χ0v) is 10.3. The van der Waals surface area contributed by atoms with Crippen LogP contribution in [0.3, 0.4) is 0 Å². The summed E-state index contributed by atoms with van der Waals surface area (Å²) in [6.45, 7) is 0.895. The van der Waals surface area contributed by atoms with Gasteiger partial charge in [0, 0.05) is 6.92 Å². The highest BCUT2D eigenvalue weighted by molar-refractivity contribution is 5.95. The average molecular weight is 266 g/mol. The van der Waals surface area contributed by atoms with Gasteiger partial charge in [0.2, 0.25) is 5.91 Å². The molecule has 19 heavy (non-hydrogen) atoms. The number of rotatable bonds is 6. The van der Waals surface area contributed by atoms with Gasteiger partial charge in [-0.25, -0.2) is 4.79 Å². The first-order valence-corrected chi connectivity index (χ1v) is 5.43. The van der Waals surface area contributed by atoms with E-state index in [1.54, 1.807) is 12.1 Å². The smallest absolute Gasteiger partial charge is 0.329 e. The summed E-state index contributed by atoms with van der Waals surface area (Å²) in [6, 6.07) is 4.99. The zero-order valence-electron chi connectivity index (χ0n) is 10.3. The number of primary amides is 1. The van der Waals surface area contributed by atoms with E-state index in [-0.39, 0.29) is 17.9 Å². The second-order valence-corrected chi connectivity index (χ2v) is 3.76. The minimum atomic E-state index is -1.23. The van der Waals surface area contributed by atoms with E-state index >= 15 is 0 Å². The van der Waals surface area contributed by atoms with Crippen LogP contribution in [0.4, 0.5) is 0 Å². The molecule has 0 heterocycles. The van der Waals surface area contributed by atoms with Crippen LogP contribution in [0.25, 0.3) is 0 Å². The fraction of sp³-hybridized carbons (Fsp3) is 0.250. The van der Waals surface area contributed by atoms with E-state index in [2.05, 4.69) is 5.32 Å². The summed E-state index contributed by atoms with van der Waals surface area (Å²) in [7, 11) is 0. The molecule has 0 aliphatic carbocycles. The first-order chi connectivity index (χ1) is 8.91. The van der Waals surface area contributed by atoms with E-state index in [4.69, 9.17) is 15.6 Å². The van der Waals surface area contributed by atoms with Gasteiger partial charge in [-0.15, -0.1) is 0 Å². The van der Waals surface area contributed by atoms with Gasteiger partial charge in [0.05, 0.1) is 5.56 Å². The lowest BCUT2D eigenvalue weighted by molar-refractivity contribution is -0.142. The van der Waals surface area contributed by atoms with Crippen LogP contribution in [0.1, 0.15) is 17.3 Å². The molecule has 0 fully saturated rings. The van der Waals surface area contributed by atoms with Gasteiger partial charge in [-0.05, 0) is 12.1 Å². The van der Waals surface area contributed by atoms with Crippen LogP contribution >= 0.6 is 0 Å². The summed E-state index contributed by atoms with van der Waals surface area (Å²) >= 11 is 0. The number of para-hydroxylation sites is 1. The highest BCUT2D eigenvalue weighted by Gasteiger charge is 2.20. The SMILES string of the molecule is CC(=O)NC(COc1ccccc1C(N)=O)C(=O)O. The molecule has 1 unspecified atom stereocenters. The molecule has 4 N–H and O–H groups in total. The summed E-state index contributed by atoms with van der Waals surface area (Å²) in [5.74, 6) is -2.22. The van der Waals surface area contributed by atoms with Crippen molar-refractivity contribution in [1.82, 2.24) is 5.32 Å². The van der Waals surface area contributed by atoms with Gasteiger partial charge in [0.15, 0.2) is 6.04 Å². The Bertz CT molecular complexity index is 501. The van der Waals surface area contributed by atoms with Gasteiger partial charge in [-0.3, -0.25) is 9.59 Å². The van der Waals surface area contributed by atoms with Crippen LogP contribution in [0.5, 0.6) is 5.75 Å². The van der Waals surface area contributed by atoms with Crippen molar-refractivity contribution >= 4 is 17.8 Å². The normalized spacial score (nSPS) is 11.4. The van der Waals surface area contributed by atoms with Gasteiger partial charge < -0.3 is 20.9 Å². The minimum absolute atomic E-state index is 0.148. The number of nitrogens with two attached hydrogens (primary N) is 1. The van der Waals surface area contributed by atoms with Gasteiger partial charge in [0.25, 0.3) is 5.91 Å². The molecule has 7 nitrogen and oxygen atoms in total. The predicted octanol–water partition coefficient (Wildman–Crippen LogP) is -0.246. The van der Waals surface area contributed by atoms with E-state index in [9.17, 15) is 14.4 Å². The fourth-order valence-corrected chi connectivity index (χ4v) is 1.39. The minimum Gasteiger partial charge on any atom is -0.490 e. The Balaban J connectivity index is 2.77. The van der Waals surface area contributed by atoms with Crippen LogP contribution in [0.15, 0.2) is 24.3 Å². The summed E-state index contributed by atoms with van der Waals surface area (Å²) in [5, 5.41) is 11.1. The van der Waals surface area contributed by atoms with Crippen LogP contribution in [-0.2, 0) is 9.59 Å². The molecule has 0 bridgehead atoms. The number of carbonyl (C=O) groups excluding carboxylic acids is 2. The number of carboxylic acid groups (broad SMARTS) is 1. The van der Waals surface area contributed by atoms with Gasteiger partial charge in [-0.2, -0.15) is 0 Å². The third kappa shape index (κ3) is 4.30. The maximum Gasteiger partial charge on any atom is 0.329 e. The number of carbonyl (C=O) groups is 3. The van der Waals surface area contributed by atoms with Crippen LogP contribution in [-0.4, -0.2) is 35.5 Å². The third-order valence-corrected chi connectivity index (χ3v) is 2.23. The van der Waals surface area contributed by atoms with Gasteiger partial charge >= 0.3 is 5.97 Å². The topological polar surface area (TPSA) is 119 Å². The lowest BCUT2D eigenvalue weighted by Crippen LogP contribution is -2.43. The van der Waals surface area contributed by atoms with E-state index in [1.807, 2.05) is 0 Å². The molecule has 2 amide bonds. The Hall–Kier alpha value is -2.57. The zero-order chi connectivity index (χ0) is 14.4. The molecule has 0 saturated heterocycles. The summed E-state index contributed by atoms with van der Waals surface area (Å²) < 4.78 is 5.23. The third-order valence-electron chi connectivity index (χ3n) is 2.23. The molecule has 1 rings (SSSR count). The lowest BCUT2D eigenvalue weighted by Gasteiger charge is -2.15. The maximum absolute atomic E-state index is 11.1. The van der Waals surface area contributed by atoms with Crippen LogP contribution < -0.4 is 15.8 Å². The molecule has 0 spiro atoms. The van der Waals surface area contributed by atoms with Crippen molar-refractivity contribution in [3.63, 3.8) is 0 Å². The Morgan fingerprint density at radius 2 is 2.00 bits per heavy atom. The summed E-state index contributed by atoms with van der Waals surface area (Å²) in [5.41, 5.74) is 5.30. The Kier molecular flexibility index (Phi) is 4.87. The van der Waals surface area contributed by atoms with E-state index in [1.165, 1.54) is 19.1 Å². The summed E-state index contributed by atoms with van der Waals surface area (Å²) in [4.78, 5) is 32.9. The molecule has 0 radical (unpaired) electrons. The number of aliphatic carboxylic acids is 1. The highest BCUT2D eigenvalue weighted by atomic mass is 16.5. The largest absolute Gasteiger partial charge is 0.490 e. The number of hydrogen-bond donors (Lipinski definition) is 3. The average Bonchev–Trinajstić information content (AvgIpc) is 2.34. The first kappa shape index (κ1) is 14.5. The van der Waals surface area contributed by atoms with Crippen molar-refractivity contribution in [3.8, 4) is 5.75 Å². The van der Waals surface area contributed by atoms with Crippen LogP contribution in [0, 0.1) is 0 Å². The van der Waals surface area contributed by atoms with Crippen molar-refractivity contribution in [2.75, 3.05) is 6.61 Å². The Morgan fingerprint density at radius 3 is 2.53 bits per heavy atom. The number of hydrogen-bond acceptors (Lipinski definition) is 4. The van der Waals surface area contributed by atoms with Crippen molar-refractivity contribution < 1.29 is 24.2 Å². The lowest BCUT2D eigenvalue weighted by atomic mass is 10.2. The van der Waals surface area contributed by atoms with Crippen LogP contribution in [0.2, 0.25) is 0 Å². The molecule has 1 aromatic rings. The van der Waals surface area contributed by atoms with Gasteiger partial charge in [-0.1, -0.05) is 12.1 Å². The molecular weight excluding hydrogens is 252 g/mol. The van der Waals surface area contributed by atoms with Crippen molar-refractivity contribution in [2.24, 2.45) is 5.73 Å². The van der Waals surface area contributed by atoms with E-state index < -0.39 is 23.8 Å². The number of nitrogens with one attached hydrogen (secondary N) is 1. The summed E-state index contributed by atoms with van der Waals surface area (Å²) in [6.07, 6.45) is 0. The monoisotopic (exact) mass is 266 g/mol. The molecule has 102 valence electrons. The molecule has 0 aliphatic heterocycles. The predicted molar refractivity (Wildman–Crippen MR) is 65.7 cm³/mol. The van der Waals surface area contributed by atoms with Crippen molar-refractivity contribution in [1.29, 1.82) is 0 Å². The molecule has 1 aromatic carbocycles. The molecule has 0 aromatic heterocycles. The quantitative estimate of drug-likeness (QED) is 0.656. The standard InChI is InChI=1S/C12H14N2O5/c1-7(15)14-9(12(17)18)6-19-10-5-3-2-4-8(10)11(13)16/h2-5,9H,6H2,1H3,(H2,13,16)(H,14,15)(H,17,18). The number of amides is 2. The first-order valence-electron chi connectivity index (χ1n) is 5.43. The number of ether oxygens (including phenoxy) is 1. The number of carboxylic acids is 1. The van der Waals surface area contributed by atoms with E-state index in [0.29, 0.717) is 0 Å². The van der Waals surface area contributed by atoms with Gasteiger partial charge in [0.1, 0.15) is 12.4 Å². The van der Waals surface area contributed by atoms with E-state index in [0.717, 1.165) is 0 Å². The Labute approximate surface area is 109 Å². The second-order valence-electron chi connectivity index (χ2n) is 3.76. The van der Waals surface area contributed by atoms with Crippen molar-refractivity contribution in [2.45, 2.75) is 13.0 Å². The fourth-order valence-electron chi connectivity index (χ4n) is 1.39. The highest BCUT2D eigenvalue weighted by Crippen LogP contribution is 2.17. The number of benzene rings is 1. The maximum atomic E-state index is 11.1. The molecule has 7 heteroatoms. The molecular formula is C12H14N2O5. The molecule has 1 atom stereocenters. The molecule has 0 saturated carbocycles. The second kappa shape index (κ2) is 6.39. The van der Waals surface area contributed by atoms with Crippen molar-refractivity contribution in [3.05, 3.63) is 29.8 Å².